The summed E-state index contributed by atoms with van der Waals surface area (Å²) in [6.45, 7) is 25.3. The molecule has 0 heterocycles. The van der Waals surface area contributed by atoms with E-state index in [2.05, 4.69) is 19.9 Å². The maximum absolute atomic E-state index is 12.6. The molecule has 5 rings (SSSR count). The SMILES string of the molecule is CC(C)(C)OC(=O)Oc1ccc(C(C)(c2ccc(OC(=O)OC(C)(C)C)cc2)c2cccc(C(C)(c3ccc(OC(=O)OC(C)(C)C)cc3)c3ccc(OC(=O)OC(C)(C)C)cc3)c2)cc1. The molecular formula is C54H62O12. The second-order valence-corrected chi connectivity index (χ2v) is 20.2. The van der Waals surface area contributed by atoms with Gasteiger partial charge in [0.2, 0.25) is 0 Å². The third kappa shape index (κ3) is 13.6. The standard InChI is InChI=1S/C54H62O12/c1-49(2,3)63-45(55)59-41-26-18-35(19-27-41)53(13,36-20-28-42(29-21-36)60-46(56)64-50(4,5)6)39-16-15-17-40(34-39)54(14,37-22-30-43(31-23-37)61-47(57)65-51(7,8)9)38-24-32-44(33-25-38)62-48(58)66-52(10,11)12/h15-34H,1-14H3. The average molecular weight is 903 g/mol. The van der Waals surface area contributed by atoms with Gasteiger partial charge in [-0.1, -0.05) is 72.8 Å². The van der Waals surface area contributed by atoms with Gasteiger partial charge in [-0.25, -0.2) is 19.2 Å². The quantitative estimate of drug-likeness (QED) is 0.0570. The van der Waals surface area contributed by atoms with Crippen LogP contribution in [0.5, 0.6) is 23.0 Å². The summed E-state index contributed by atoms with van der Waals surface area (Å²) in [5.74, 6) is 1.21. The van der Waals surface area contributed by atoms with Gasteiger partial charge in [0.15, 0.2) is 0 Å². The molecule has 0 aliphatic heterocycles. The normalized spacial score (nSPS) is 12.3. The summed E-state index contributed by atoms with van der Waals surface area (Å²) >= 11 is 0. The molecule has 0 aliphatic carbocycles. The van der Waals surface area contributed by atoms with Crippen LogP contribution in [0.3, 0.4) is 0 Å². The molecule has 0 radical (unpaired) electrons. The molecule has 0 atom stereocenters. The van der Waals surface area contributed by atoms with Crippen LogP contribution in [0.2, 0.25) is 0 Å². The maximum Gasteiger partial charge on any atom is 0.514 e. The Balaban J connectivity index is 1.63. The first kappa shape index (κ1) is 50.2. The summed E-state index contributed by atoms with van der Waals surface area (Å²) in [5, 5.41) is 0. The molecule has 0 saturated carbocycles. The zero-order chi connectivity index (χ0) is 48.9. The molecule has 0 N–H and O–H groups in total. The molecule has 0 aromatic heterocycles. The molecule has 0 bridgehead atoms. The van der Waals surface area contributed by atoms with Crippen LogP contribution in [0.25, 0.3) is 0 Å². The van der Waals surface area contributed by atoms with E-state index in [1.54, 1.807) is 132 Å². The number of ether oxygens (including phenoxy) is 8. The van der Waals surface area contributed by atoms with Crippen molar-refractivity contribution in [2.24, 2.45) is 0 Å². The Morgan fingerprint density at radius 3 is 0.667 bits per heavy atom. The molecule has 0 amide bonds. The van der Waals surface area contributed by atoms with Crippen molar-refractivity contribution < 1.29 is 57.1 Å². The molecule has 0 unspecified atom stereocenters. The zero-order valence-electron chi connectivity index (χ0n) is 40.4. The van der Waals surface area contributed by atoms with Gasteiger partial charge in [0.1, 0.15) is 45.4 Å². The van der Waals surface area contributed by atoms with E-state index >= 15 is 0 Å². The number of rotatable bonds is 10. The fourth-order valence-electron chi connectivity index (χ4n) is 7.03. The van der Waals surface area contributed by atoms with Gasteiger partial charge in [-0.05, 0) is 179 Å². The summed E-state index contributed by atoms with van der Waals surface area (Å²) < 4.78 is 43.6. The van der Waals surface area contributed by atoms with Gasteiger partial charge in [-0.3, -0.25) is 0 Å². The minimum absolute atomic E-state index is 0.302. The smallest absolute Gasteiger partial charge is 0.428 e. The van der Waals surface area contributed by atoms with Crippen LogP contribution in [0, 0.1) is 0 Å². The van der Waals surface area contributed by atoms with E-state index in [-0.39, 0.29) is 0 Å². The number of carbonyl (C=O) groups excluding carboxylic acids is 4. The van der Waals surface area contributed by atoms with E-state index < -0.39 is 57.9 Å². The molecule has 0 fully saturated rings. The highest BCUT2D eigenvalue weighted by Crippen LogP contribution is 2.45. The highest BCUT2D eigenvalue weighted by atomic mass is 16.7. The Labute approximate surface area is 388 Å². The summed E-state index contributed by atoms with van der Waals surface area (Å²) in [4.78, 5) is 50.4. The summed E-state index contributed by atoms with van der Waals surface area (Å²) in [7, 11) is 0. The lowest BCUT2D eigenvalue weighted by atomic mass is 9.67. The van der Waals surface area contributed by atoms with Crippen molar-refractivity contribution in [1.29, 1.82) is 0 Å². The summed E-state index contributed by atoms with van der Waals surface area (Å²) in [5.41, 5.74) is 0.532. The van der Waals surface area contributed by atoms with E-state index in [1.165, 1.54) is 0 Å². The largest absolute Gasteiger partial charge is 0.514 e. The van der Waals surface area contributed by atoms with Crippen LogP contribution in [-0.2, 0) is 29.8 Å². The van der Waals surface area contributed by atoms with E-state index in [0.29, 0.717) is 23.0 Å². The van der Waals surface area contributed by atoms with Gasteiger partial charge >= 0.3 is 24.6 Å². The van der Waals surface area contributed by atoms with Crippen LogP contribution < -0.4 is 18.9 Å². The second-order valence-electron chi connectivity index (χ2n) is 20.2. The van der Waals surface area contributed by atoms with Crippen molar-refractivity contribution in [3.63, 3.8) is 0 Å². The third-order valence-corrected chi connectivity index (χ3v) is 10.1. The second kappa shape index (κ2) is 19.3. The molecule has 12 nitrogen and oxygen atoms in total. The van der Waals surface area contributed by atoms with E-state index in [1.807, 2.05) is 66.7 Å². The highest BCUT2D eigenvalue weighted by Gasteiger charge is 2.36. The molecule has 0 saturated heterocycles. The van der Waals surface area contributed by atoms with E-state index in [9.17, 15) is 19.2 Å². The van der Waals surface area contributed by atoms with Gasteiger partial charge in [-0.15, -0.1) is 0 Å². The molecular weight excluding hydrogens is 841 g/mol. The molecule has 350 valence electrons. The Hall–Kier alpha value is -6.82. The van der Waals surface area contributed by atoms with Crippen molar-refractivity contribution in [2.45, 2.75) is 130 Å². The van der Waals surface area contributed by atoms with Gasteiger partial charge in [0.05, 0.1) is 0 Å². The lowest BCUT2D eigenvalue weighted by Gasteiger charge is -2.36. The Morgan fingerprint density at radius 1 is 0.288 bits per heavy atom. The molecule has 5 aromatic rings. The fourth-order valence-corrected chi connectivity index (χ4v) is 7.03. The summed E-state index contributed by atoms with van der Waals surface area (Å²) in [6.07, 6.45) is -3.28. The molecule has 5 aromatic carbocycles. The van der Waals surface area contributed by atoms with E-state index in [0.717, 1.165) is 33.4 Å². The van der Waals surface area contributed by atoms with Crippen LogP contribution in [0.1, 0.15) is 130 Å². The van der Waals surface area contributed by atoms with Crippen LogP contribution >= 0.6 is 0 Å². The average Bonchev–Trinajstić information content (AvgIpc) is 3.18. The number of benzene rings is 5. The van der Waals surface area contributed by atoms with Gasteiger partial charge in [0, 0.05) is 10.8 Å². The van der Waals surface area contributed by atoms with Crippen molar-refractivity contribution >= 4 is 24.6 Å². The van der Waals surface area contributed by atoms with Crippen molar-refractivity contribution in [3.05, 3.63) is 155 Å². The van der Waals surface area contributed by atoms with Crippen LogP contribution in [-0.4, -0.2) is 47.0 Å². The molecule has 66 heavy (non-hydrogen) atoms. The summed E-state index contributed by atoms with van der Waals surface area (Å²) in [6, 6.07) is 37.1. The lowest BCUT2D eigenvalue weighted by molar-refractivity contribution is 0.0193. The first-order valence-corrected chi connectivity index (χ1v) is 21.7. The minimum atomic E-state index is -0.859. The number of hydrogen-bond acceptors (Lipinski definition) is 12. The highest BCUT2D eigenvalue weighted by molar-refractivity contribution is 5.67. The zero-order valence-corrected chi connectivity index (χ0v) is 40.4. The molecule has 12 heteroatoms. The topological polar surface area (TPSA) is 142 Å². The van der Waals surface area contributed by atoms with Crippen molar-refractivity contribution in [1.82, 2.24) is 0 Å². The Bertz CT molecular complexity index is 2160. The Morgan fingerprint density at radius 2 is 0.485 bits per heavy atom. The van der Waals surface area contributed by atoms with Crippen molar-refractivity contribution in [2.75, 3.05) is 0 Å². The number of hydrogen-bond donors (Lipinski definition) is 0. The molecule has 0 spiro atoms. The van der Waals surface area contributed by atoms with E-state index in [4.69, 9.17) is 37.9 Å². The van der Waals surface area contributed by atoms with Gasteiger partial charge in [-0.2, -0.15) is 0 Å². The van der Waals surface area contributed by atoms with Crippen LogP contribution in [0.15, 0.2) is 121 Å². The monoisotopic (exact) mass is 902 g/mol. The minimum Gasteiger partial charge on any atom is -0.428 e. The predicted octanol–water partition coefficient (Wildman–Crippen LogP) is 13.7. The number of carbonyl (C=O) groups is 4. The lowest BCUT2D eigenvalue weighted by Crippen LogP contribution is -2.29. The Kier molecular flexibility index (Phi) is 14.7. The third-order valence-electron chi connectivity index (χ3n) is 10.1. The van der Waals surface area contributed by atoms with Gasteiger partial charge < -0.3 is 37.9 Å². The maximum atomic E-state index is 12.6. The first-order valence-electron chi connectivity index (χ1n) is 21.7. The van der Waals surface area contributed by atoms with Crippen LogP contribution in [0.4, 0.5) is 19.2 Å². The fraction of sp³-hybridized carbons (Fsp3) is 0.370. The van der Waals surface area contributed by atoms with Crippen molar-refractivity contribution in [3.8, 4) is 23.0 Å². The first-order chi connectivity index (χ1) is 30.5. The van der Waals surface area contributed by atoms with Gasteiger partial charge in [0.25, 0.3) is 0 Å². The predicted molar refractivity (Wildman–Crippen MR) is 251 cm³/mol. The molecule has 0 aliphatic rings.